The first kappa shape index (κ1) is 7.05. The van der Waals surface area contributed by atoms with Crippen LogP contribution in [-0.4, -0.2) is 12.7 Å². The largest absolute Gasteiger partial charge is 0.374 e. The summed E-state index contributed by atoms with van der Waals surface area (Å²) in [5, 5.41) is 0. The van der Waals surface area contributed by atoms with Gasteiger partial charge in [-0.05, 0) is 43.4 Å². The quantitative estimate of drug-likeness (QED) is 0.515. The van der Waals surface area contributed by atoms with Gasteiger partial charge in [0.05, 0.1) is 6.10 Å². The lowest BCUT2D eigenvalue weighted by molar-refractivity contribution is 0.0418. The van der Waals surface area contributed by atoms with E-state index in [0.29, 0.717) is 11.5 Å². The summed E-state index contributed by atoms with van der Waals surface area (Å²) in [5.74, 6) is 2.93. The predicted octanol–water partition coefficient (Wildman–Crippen LogP) is 2.38. The van der Waals surface area contributed by atoms with E-state index >= 15 is 0 Å². The van der Waals surface area contributed by atoms with Crippen LogP contribution in [-0.2, 0) is 4.74 Å². The molecule has 13 heavy (non-hydrogen) atoms. The molecule has 3 fully saturated rings. The van der Waals surface area contributed by atoms with E-state index in [4.69, 9.17) is 4.74 Å². The highest BCUT2D eigenvalue weighted by atomic mass is 16.5. The first-order chi connectivity index (χ1) is 6.41. The van der Waals surface area contributed by atoms with Crippen LogP contribution >= 0.6 is 0 Å². The summed E-state index contributed by atoms with van der Waals surface area (Å²) in [6.45, 7) is 1.02. The molecule has 4 rings (SSSR count). The highest BCUT2D eigenvalue weighted by Crippen LogP contribution is 2.67. The summed E-state index contributed by atoms with van der Waals surface area (Å²) in [6, 6.07) is 0. The van der Waals surface area contributed by atoms with Gasteiger partial charge in [0.15, 0.2) is 0 Å². The molecule has 0 aromatic heterocycles. The molecule has 0 radical (unpaired) electrons. The smallest absolute Gasteiger partial charge is 0.0821 e. The van der Waals surface area contributed by atoms with E-state index in [-0.39, 0.29) is 0 Å². The molecule has 3 aliphatic carbocycles. The molecule has 1 nitrogen and oxygen atoms in total. The first-order valence-corrected chi connectivity index (χ1v) is 5.71. The lowest BCUT2D eigenvalue weighted by atomic mass is 9.65. The van der Waals surface area contributed by atoms with Crippen molar-refractivity contribution in [1.29, 1.82) is 0 Å². The molecule has 2 bridgehead atoms. The second-order valence-electron chi connectivity index (χ2n) is 5.33. The number of allylic oxidation sites excluding steroid dienone is 1. The Kier molecular flexibility index (Phi) is 1.10. The topological polar surface area (TPSA) is 9.23 Å². The van der Waals surface area contributed by atoms with Crippen molar-refractivity contribution in [2.75, 3.05) is 6.61 Å². The average Bonchev–Trinajstić information content (AvgIpc) is 2.78. The summed E-state index contributed by atoms with van der Waals surface area (Å²) in [5.41, 5.74) is 0.600. The summed E-state index contributed by atoms with van der Waals surface area (Å²) < 4.78 is 5.85. The average molecular weight is 176 g/mol. The SMILES string of the molecule is C1=CC2C3CCC(C3)C23CCOC13. The first-order valence-electron chi connectivity index (χ1n) is 5.71. The lowest BCUT2D eigenvalue weighted by Gasteiger charge is -2.38. The molecule has 1 heterocycles. The third-order valence-corrected chi connectivity index (χ3v) is 5.22. The van der Waals surface area contributed by atoms with Crippen molar-refractivity contribution in [3.63, 3.8) is 0 Å². The van der Waals surface area contributed by atoms with Gasteiger partial charge in [-0.25, -0.2) is 0 Å². The Hall–Kier alpha value is -0.300. The Bertz CT molecular complexity index is 283. The van der Waals surface area contributed by atoms with Gasteiger partial charge in [0.2, 0.25) is 0 Å². The van der Waals surface area contributed by atoms with Crippen molar-refractivity contribution in [3.8, 4) is 0 Å². The second kappa shape index (κ2) is 2.03. The van der Waals surface area contributed by atoms with Gasteiger partial charge in [0.1, 0.15) is 0 Å². The molecular weight excluding hydrogens is 160 g/mol. The highest BCUT2D eigenvalue weighted by Gasteiger charge is 2.64. The monoisotopic (exact) mass is 176 g/mol. The molecule has 1 saturated heterocycles. The number of rotatable bonds is 0. The molecule has 0 amide bonds. The third kappa shape index (κ3) is 0.604. The second-order valence-corrected chi connectivity index (χ2v) is 5.33. The fourth-order valence-electron chi connectivity index (χ4n) is 4.79. The minimum atomic E-state index is 0.507. The van der Waals surface area contributed by atoms with Crippen molar-refractivity contribution < 1.29 is 4.74 Å². The Morgan fingerprint density at radius 1 is 1.23 bits per heavy atom. The molecule has 70 valence electrons. The van der Waals surface area contributed by atoms with E-state index in [2.05, 4.69) is 12.2 Å². The molecular formula is C12H16O. The maximum Gasteiger partial charge on any atom is 0.0821 e. The molecule has 1 heteroatoms. The number of fused-ring (bicyclic) bond motifs is 3. The molecule has 4 aliphatic rings. The van der Waals surface area contributed by atoms with E-state index in [1.54, 1.807) is 0 Å². The van der Waals surface area contributed by atoms with Crippen molar-refractivity contribution in [2.24, 2.45) is 23.2 Å². The Morgan fingerprint density at radius 2 is 2.23 bits per heavy atom. The molecule has 2 saturated carbocycles. The third-order valence-electron chi connectivity index (χ3n) is 5.22. The minimum Gasteiger partial charge on any atom is -0.374 e. The van der Waals surface area contributed by atoms with Gasteiger partial charge < -0.3 is 4.74 Å². The van der Waals surface area contributed by atoms with Crippen molar-refractivity contribution in [2.45, 2.75) is 31.8 Å². The molecule has 1 aliphatic heterocycles. The van der Waals surface area contributed by atoms with Crippen LogP contribution in [0.3, 0.4) is 0 Å². The van der Waals surface area contributed by atoms with Gasteiger partial charge >= 0.3 is 0 Å². The van der Waals surface area contributed by atoms with Crippen LogP contribution in [0.15, 0.2) is 12.2 Å². The van der Waals surface area contributed by atoms with Gasteiger partial charge in [0.25, 0.3) is 0 Å². The van der Waals surface area contributed by atoms with Gasteiger partial charge in [-0.15, -0.1) is 0 Å². The Morgan fingerprint density at radius 3 is 3.23 bits per heavy atom. The normalized spacial score (nSPS) is 61.5. The highest BCUT2D eigenvalue weighted by molar-refractivity contribution is 5.25. The Labute approximate surface area is 79.2 Å². The number of ether oxygens (including phenoxy) is 1. The summed E-state index contributed by atoms with van der Waals surface area (Å²) in [6.07, 6.45) is 11.2. The van der Waals surface area contributed by atoms with E-state index in [1.807, 2.05) is 0 Å². The fourth-order valence-corrected chi connectivity index (χ4v) is 4.79. The Balaban J connectivity index is 1.86. The number of hydrogen-bond donors (Lipinski definition) is 0. The maximum atomic E-state index is 5.85. The van der Waals surface area contributed by atoms with Crippen LogP contribution in [0.4, 0.5) is 0 Å². The maximum absolute atomic E-state index is 5.85. The minimum absolute atomic E-state index is 0.507. The lowest BCUT2D eigenvalue weighted by Crippen LogP contribution is -2.37. The summed E-state index contributed by atoms with van der Waals surface area (Å²) in [7, 11) is 0. The van der Waals surface area contributed by atoms with Gasteiger partial charge in [0, 0.05) is 12.0 Å². The zero-order valence-corrected chi connectivity index (χ0v) is 7.91. The van der Waals surface area contributed by atoms with E-state index in [1.165, 1.54) is 25.7 Å². The molecule has 5 atom stereocenters. The van der Waals surface area contributed by atoms with E-state index < -0.39 is 0 Å². The molecule has 1 spiro atoms. The van der Waals surface area contributed by atoms with Crippen molar-refractivity contribution in [1.82, 2.24) is 0 Å². The zero-order valence-electron chi connectivity index (χ0n) is 7.91. The van der Waals surface area contributed by atoms with E-state index in [9.17, 15) is 0 Å². The van der Waals surface area contributed by atoms with Gasteiger partial charge in [-0.3, -0.25) is 0 Å². The van der Waals surface area contributed by atoms with Crippen LogP contribution in [0.2, 0.25) is 0 Å². The molecule has 5 unspecified atom stereocenters. The van der Waals surface area contributed by atoms with E-state index in [0.717, 1.165) is 24.4 Å². The predicted molar refractivity (Wildman–Crippen MR) is 50.3 cm³/mol. The van der Waals surface area contributed by atoms with Gasteiger partial charge in [-0.1, -0.05) is 12.2 Å². The van der Waals surface area contributed by atoms with Crippen molar-refractivity contribution in [3.05, 3.63) is 12.2 Å². The fraction of sp³-hybridized carbons (Fsp3) is 0.833. The van der Waals surface area contributed by atoms with Gasteiger partial charge in [-0.2, -0.15) is 0 Å². The number of hydrogen-bond acceptors (Lipinski definition) is 1. The molecule has 0 aromatic carbocycles. The van der Waals surface area contributed by atoms with Crippen LogP contribution in [0, 0.1) is 23.2 Å². The zero-order chi connectivity index (χ0) is 8.47. The molecule has 0 aromatic rings. The van der Waals surface area contributed by atoms with Crippen LogP contribution < -0.4 is 0 Å². The summed E-state index contributed by atoms with van der Waals surface area (Å²) in [4.78, 5) is 0. The van der Waals surface area contributed by atoms with Crippen LogP contribution in [0.1, 0.15) is 25.7 Å². The standard InChI is InChI=1S/C12H16O/c1-2-9-7-8(1)10-3-4-11-12(9,10)5-6-13-11/h3-4,8-11H,1-2,5-7H2. The van der Waals surface area contributed by atoms with Crippen LogP contribution in [0.25, 0.3) is 0 Å². The van der Waals surface area contributed by atoms with Crippen molar-refractivity contribution >= 4 is 0 Å². The molecule has 0 N–H and O–H groups in total. The van der Waals surface area contributed by atoms with Crippen LogP contribution in [0.5, 0.6) is 0 Å². The summed E-state index contributed by atoms with van der Waals surface area (Å²) >= 11 is 0.